The molecule has 1 amide bonds. The second-order valence-corrected chi connectivity index (χ2v) is 5.65. The van der Waals surface area contributed by atoms with Crippen LogP contribution in [0.2, 0.25) is 0 Å². The summed E-state index contributed by atoms with van der Waals surface area (Å²) in [5.41, 5.74) is 3.19. The number of alkyl halides is 1. The average Bonchev–Trinajstić information content (AvgIpc) is 2.81. The lowest BCUT2D eigenvalue weighted by Gasteiger charge is -2.17. The highest BCUT2D eigenvalue weighted by Gasteiger charge is 2.23. The first-order valence-electron chi connectivity index (χ1n) is 6.59. The molecule has 1 N–H and O–H groups in total. The van der Waals surface area contributed by atoms with E-state index >= 15 is 0 Å². The molecule has 0 aromatic heterocycles. The zero-order chi connectivity index (χ0) is 13.1. The van der Waals surface area contributed by atoms with Crippen molar-refractivity contribution < 1.29 is 4.79 Å². The highest BCUT2D eigenvalue weighted by Crippen LogP contribution is 2.26. The van der Waals surface area contributed by atoms with Crippen molar-refractivity contribution in [2.75, 3.05) is 0 Å². The van der Waals surface area contributed by atoms with Gasteiger partial charge in [0.15, 0.2) is 0 Å². The highest BCUT2D eigenvalue weighted by molar-refractivity contribution is 6.30. The number of halogens is 1. The molecule has 2 nitrogen and oxygen atoms in total. The van der Waals surface area contributed by atoms with Crippen LogP contribution in [0.3, 0.4) is 0 Å². The molecule has 18 heavy (non-hydrogen) atoms. The van der Waals surface area contributed by atoms with Gasteiger partial charge in [0.25, 0.3) is 0 Å². The van der Waals surface area contributed by atoms with Crippen LogP contribution in [0, 0.1) is 13.8 Å². The van der Waals surface area contributed by atoms with Crippen molar-refractivity contribution in [2.24, 2.45) is 0 Å². The van der Waals surface area contributed by atoms with E-state index in [0.717, 1.165) is 24.0 Å². The molecule has 1 aliphatic carbocycles. The fourth-order valence-corrected chi connectivity index (χ4v) is 2.90. The number of benzene rings is 1. The van der Waals surface area contributed by atoms with Crippen LogP contribution in [0.1, 0.15) is 47.8 Å². The van der Waals surface area contributed by atoms with Crippen molar-refractivity contribution in [2.45, 2.75) is 50.9 Å². The van der Waals surface area contributed by atoms with E-state index in [4.69, 9.17) is 11.6 Å². The molecule has 1 atom stereocenters. The van der Waals surface area contributed by atoms with E-state index in [9.17, 15) is 4.79 Å². The molecule has 0 bridgehead atoms. The number of amides is 1. The zero-order valence-corrected chi connectivity index (χ0v) is 11.8. The maximum Gasteiger partial charge on any atom is 0.242 e. The summed E-state index contributed by atoms with van der Waals surface area (Å²) < 4.78 is 0. The minimum atomic E-state index is -0.578. The fraction of sp³-hybridized carbons (Fsp3) is 0.533. The lowest BCUT2D eigenvalue weighted by atomic mass is 10.0. The van der Waals surface area contributed by atoms with Crippen molar-refractivity contribution >= 4 is 17.5 Å². The molecular formula is C15H20ClNO. The third kappa shape index (κ3) is 3.05. The van der Waals surface area contributed by atoms with Crippen LogP contribution in [-0.2, 0) is 4.79 Å². The number of rotatable bonds is 3. The van der Waals surface area contributed by atoms with E-state index in [1.807, 2.05) is 26.0 Å². The average molecular weight is 266 g/mol. The topological polar surface area (TPSA) is 29.1 Å². The number of carbonyl (C=O) groups excluding carboxylic acids is 1. The smallest absolute Gasteiger partial charge is 0.242 e. The Bertz CT molecular complexity index is 438. The quantitative estimate of drug-likeness (QED) is 0.831. The van der Waals surface area contributed by atoms with E-state index in [1.165, 1.54) is 18.4 Å². The molecule has 0 radical (unpaired) electrons. The molecule has 1 unspecified atom stereocenters. The molecule has 0 aliphatic heterocycles. The van der Waals surface area contributed by atoms with Crippen LogP contribution in [0.25, 0.3) is 0 Å². The minimum absolute atomic E-state index is 0.0597. The molecule has 0 saturated heterocycles. The van der Waals surface area contributed by atoms with Crippen LogP contribution < -0.4 is 5.32 Å². The van der Waals surface area contributed by atoms with Crippen LogP contribution in [0.4, 0.5) is 0 Å². The Morgan fingerprint density at radius 1 is 1.33 bits per heavy atom. The SMILES string of the molecule is Cc1ccc(C(Cl)C(=O)NC2CCCC2)c(C)c1. The van der Waals surface area contributed by atoms with Gasteiger partial charge >= 0.3 is 0 Å². The maximum atomic E-state index is 12.1. The lowest BCUT2D eigenvalue weighted by molar-refractivity contribution is -0.121. The van der Waals surface area contributed by atoms with Gasteiger partial charge in [0.2, 0.25) is 5.91 Å². The summed E-state index contributed by atoms with van der Waals surface area (Å²) in [5, 5.41) is 2.47. The van der Waals surface area contributed by atoms with Gasteiger partial charge in [-0.1, -0.05) is 36.6 Å². The Morgan fingerprint density at radius 3 is 2.61 bits per heavy atom. The summed E-state index contributed by atoms with van der Waals surface area (Å²) in [7, 11) is 0. The molecule has 98 valence electrons. The summed E-state index contributed by atoms with van der Waals surface area (Å²) >= 11 is 6.28. The first kappa shape index (κ1) is 13.4. The van der Waals surface area contributed by atoms with E-state index in [-0.39, 0.29) is 5.91 Å². The van der Waals surface area contributed by atoms with Gasteiger partial charge in [0.05, 0.1) is 0 Å². The predicted molar refractivity (Wildman–Crippen MR) is 74.9 cm³/mol. The largest absolute Gasteiger partial charge is 0.352 e. The second kappa shape index (κ2) is 5.75. The number of hydrogen-bond acceptors (Lipinski definition) is 1. The Morgan fingerprint density at radius 2 is 2.00 bits per heavy atom. The summed E-state index contributed by atoms with van der Waals surface area (Å²) in [4.78, 5) is 12.1. The highest BCUT2D eigenvalue weighted by atomic mass is 35.5. The Labute approximate surface area is 114 Å². The van der Waals surface area contributed by atoms with Crippen molar-refractivity contribution in [1.82, 2.24) is 5.32 Å². The molecule has 1 saturated carbocycles. The number of nitrogens with one attached hydrogen (secondary N) is 1. The van der Waals surface area contributed by atoms with Gasteiger partial charge in [-0.05, 0) is 37.8 Å². The molecule has 0 heterocycles. The second-order valence-electron chi connectivity index (χ2n) is 5.21. The van der Waals surface area contributed by atoms with Crippen molar-refractivity contribution in [3.05, 3.63) is 34.9 Å². The number of hydrogen-bond donors (Lipinski definition) is 1. The normalized spacial score (nSPS) is 17.7. The van der Waals surface area contributed by atoms with E-state index in [1.54, 1.807) is 0 Å². The molecule has 3 heteroatoms. The van der Waals surface area contributed by atoms with Gasteiger partial charge in [0, 0.05) is 6.04 Å². The van der Waals surface area contributed by atoms with Crippen LogP contribution >= 0.6 is 11.6 Å². The third-order valence-corrected chi connectivity index (χ3v) is 4.06. The summed E-state index contributed by atoms with van der Waals surface area (Å²) in [6, 6.07) is 6.34. The lowest BCUT2D eigenvalue weighted by Crippen LogP contribution is -2.35. The molecule has 2 rings (SSSR count). The van der Waals surface area contributed by atoms with Crippen molar-refractivity contribution in [3.8, 4) is 0 Å². The van der Waals surface area contributed by atoms with Gasteiger partial charge < -0.3 is 5.32 Å². The molecule has 1 fully saturated rings. The van der Waals surface area contributed by atoms with Gasteiger partial charge in [-0.3, -0.25) is 4.79 Å². The summed E-state index contributed by atoms with van der Waals surface area (Å²) in [6.45, 7) is 4.04. The predicted octanol–water partition coefficient (Wildman–Crippen LogP) is 3.64. The molecule has 1 aromatic carbocycles. The molecular weight excluding hydrogens is 246 g/mol. The number of carbonyl (C=O) groups is 1. The molecule has 0 spiro atoms. The van der Waals surface area contributed by atoms with Gasteiger partial charge in [-0.15, -0.1) is 11.6 Å². The first-order chi connectivity index (χ1) is 8.58. The van der Waals surface area contributed by atoms with Crippen molar-refractivity contribution in [1.29, 1.82) is 0 Å². The Kier molecular flexibility index (Phi) is 4.28. The number of aryl methyl sites for hydroxylation is 2. The Balaban J connectivity index is 2.05. The fourth-order valence-electron chi connectivity index (χ4n) is 2.60. The van der Waals surface area contributed by atoms with Crippen molar-refractivity contribution in [3.63, 3.8) is 0 Å². The summed E-state index contributed by atoms with van der Waals surface area (Å²) in [6.07, 6.45) is 4.59. The molecule has 1 aromatic rings. The maximum absolute atomic E-state index is 12.1. The van der Waals surface area contributed by atoms with E-state index in [0.29, 0.717) is 6.04 Å². The van der Waals surface area contributed by atoms with E-state index in [2.05, 4.69) is 11.4 Å². The van der Waals surface area contributed by atoms with E-state index < -0.39 is 5.38 Å². The molecule has 1 aliphatic rings. The van der Waals surface area contributed by atoms with Gasteiger partial charge in [-0.2, -0.15) is 0 Å². The summed E-state index contributed by atoms with van der Waals surface area (Å²) in [5.74, 6) is -0.0597. The first-order valence-corrected chi connectivity index (χ1v) is 7.03. The standard InChI is InChI=1S/C15H20ClNO/c1-10-7-8-13(11(2)9-10)14(16)15(18)17-12-5-3-4-6-12/h7-9,12,14H,3-6H2,1-2H3,(H,17,18). The monoisotopic (exact) mass is 265 g/mol. The van der Waals surface area contributed by atoms with Crippen LogP contribution in [0.15, 0.2) is 18.2 Å². The van der Waals surface area contributed by atoms with Crippen LogP contribution in [-0.4, -0.2) is 11.9 Å². The third-order valence-electron chi connectivity index (χ3n) is 3.63. The Hall–Kier alpha value is -1.02. The van der Waals surface area contributed by atoms with Gasteiger partial charge in [0.1, 0.15) is 5.38 Å². The van der Waals surface area contributed by atoms with Gasteiger partial charge in [-0.25, -0.2) is 0 Å². The van der Waals surface area contributed by atoms with Crippen LogP contribution in [0.5, 0.6) is 0 Å². The zero-order valence-electron chi connectivity index (χ0n) is 11.0. The minimum Gasteiger partial charge on any atom is -0.352 e.